The number of likely N-dealkylation sites (tertiary alicyclic amines) is 1. The van der Waals surface area contributed by atoms with Gasteiger partial charge < -0.3 is 4.90 Å². The molecule has 2 heteroatoms. The molecule has 0 spiro atoms. The molecule has 1 rings (SSSR count). The Morgan fingerprint density at radius 2 is 1.76 bits per heavy atom. The second-order valence-electron chi connectivity index (χ2n) is 7.21. The maximum Gasteiger partial charge on any atom is 0.00225 e. The Balaban J connectivity index is 2.45. The van der Waals surface area contributed by atoms with Crippen LogP contribution in [0.25, 0.3) is 0 Å². The summed E-state index contributed by atoms with van der Waals surface area (Å²) in [7, 11) is 0. The van der Waals surface area contributed by atoms with Crippen molar-refractivity contribution in [2.24, 2.45) is 16.7 Å². The molecule has 1 fully saturated rings. The first-order valence-corrected chi connectivity index (χ1v) is 7.77. The number of hydrogen-bond donors (Lipinski definition) is 1. The molecule has 0 aliphatic carbocycles. The number of piperidine rings is 1. The normalized spacial score (nSPS) is 23.6. The van der Waals surface area contributed by atoms with Gasteiger partial charge in [0.25, 0.3) is 0 Å². The van der Waals surface area contributed by atoms with E-state index in [-0.39, 0.29) is 0 Å². The summed E-state index contributed by atoms with van der Waals surface area (Å²) in [5.41, 5.74) is 0.988. The molecule has 0 aromatic heterocycles. The zero-order chi connectivity index (χ0) is 13.1. The lowest BCUT2D eigenvalue weighted by Gasteiger charge is -2.42. The average molecular weight is 257 g/mol. The smallest absolute Gasteiger partial charge is 0.00225 e. The summed E-state index contributed by atoms with van der Waals surface area (Å²) in [4.78, 5) is 2.66. The van der Waals surface area contributed by atoms with Crippen LogP contribution >= 0.6 is 12.6 Å². The highest BCUT2D eigenvalue weighted by Gasteiger charge is 2.31. The molecule has 0 bridgehead atoms. The highest BCUT2D eigenvalue weighted by molar-refractivity contribution is 7.80. The van der Waals surface area contributed by atoms with Crippen LogP contribution < -0.4 is 0 Å². The van der Waals surface area contributed by atoms with Crippen LogP contribution in [0.5, 0.6) is 0 Å². The van der Waals surface area contributed by atoms with Crippen molar-refractivity contribution in [2.45, 2.75) is 53.9 Å². The molecule has 1 nitrogen and oxygen atoms in total. The molecule has 0 aromatic carbocycles. The quantitative estimate of drug-likeness (QED) is 0.742. The molecule has 0 saturated carbocycles. The summed E-state index contributed by atoms with van der Waals surface area (Å²) in [6, 6.07) is 0. The van der Waals surface area contributed by atoms with E-state index in [1.165, 1.54) is 38.9 Å². The van der Waals surface area contributed by atoms with Crippen LogP contribution in [0.4, 0.5) is 0 Å². The lowest BCUT2D eigenvalue weighted by Crippen LogP contribution is -2.43. The number of rotatable bonds is 4. The molecule has 1 aliphatic heterocycles. The van der Waals surface area contributed by atoms with Crippen molar-refractivity contribution in [3.63, 3.8) is 0 Å². The van der Waals surface area contributed by atoms with Gasteiger partial charge in [0, 0.05) is 6.54 Å². The average Bonchev–Trinajstić information content (AvgIpc) is 2.27. The van der Waals surface area contributed by atoms with Crippen LogP contribution in [0.1, 0.15) is 53.9 Å². The molecule has 1 aliphatic rings. The number of hydrogen-bond acceptors (Lipinski definition) is 2. The lowest BCUT2D eigenvalue weighted by atomic mass is 9.77. The molecule has 0 N–H and O–H groups in total. The fourth-order valence-electron chi connectivity index (χ4n) is 2.55. The minimum Gasteiger partial charge on any atom is -0.303 e. The summed E-state index contributed by atoms with van der Waals surface area (Å²) in [5, 5.41) is 0. The van der Waals surface area contributed by atoms with Crippen LogP contribution in [0, 0.1) is 16.7 Å². The van der Waals surface area contributed by atoms with Gasteiger partial charge in [0.05, 0.1) is 0 Å². The van der Waals surface area contributed by atoms with Gasteiger partial charge in [-0.2, -0.15) is 12.6 Å². The van der Waals surface area contributed by atoms with Crippen molar-refractivity contribution in [2.75, 3.05) is 25.4 Å². The molecule has 0 radical (unpaired) electrons. The zero-order valence-electron chi connectivity index (χ0n) is 12.4. The zero-order valence-corrected chi connectivity index (χ0v) is 13.3. The highest BCUT2D eigenvalue weighted by Crippen LogP contribution is 2.35. The molecule has 1 unspecified atom stereocenters. The third kappa shape index (κ3) is 4.48. The summed E-state index contributed by atoms with van der Waals surface area (Å²) in [5.74, 6) is 1.71. The van der Waals surface area contributed by atoms with E-state index in [0.29, 0.717) is 16.7 Å². The van der Waals surface area contributed by atoms with Gasteiger partial charge in [0.1, 0.15) is 0 Å². The predicted octanol–water partition coefficient (Wildman–Crippen LogP) is 4.09. The SMILES string of the molecule is CCC1(C)CCN(CC(CS)C(C)(C)C)CC1. The largest absolute Gasteiger partial charge is 0.303 e. The van der Waals surface area contributed by atoms with Crippen LogP contribution in [0.15, 0.2) is 0 Å². The Kier molecular flexibility index (Phi) is 5.39. The first-order valence-electron chi connectivity index (χ1n) is 7.14. The Morgan fingerprint density at radius 1 is 1.24 bits per heavy atom. The fourth-order valence-corrected chi connectivity index (χ4v) is 3.21. The van der Waals surface area contributed by atoms with E-state index in [1.54, 1.807) is 0 Å². The van der Waals surface area contributed by atoms with Crippen molar-refractivity contribution in [3.8, 4) is 0 Å². The maximum absolute atomic E-state index is 4.53. The van der Waals surface area contributed by atoms with Gasteiger partial charge in [0.15, 0.2) is 0 Å². The van der Waals surface area contributed by atoms with Gasteiger partial charge in [-0.1, -0.05) is 41.0 Å². The predicted molar refractivity (Wildman–Crippen MR) is 80.9 cm³/mol. The molecule has 1 atom stereocenters. The van der Waals surface area contributed by atoms with E-state index in [9.17, 15) is 0 Å². The molecule has 0 aromatic rings. The van der Waals surface area contributed by atoms with E-state index in [2.05, 4.69) is 52.1 Å². The summed E-state index contributed by atoms with van der Waals surface area (Å²) >= 11 is 4.53. The van der Waals surface area contributed by atoms with E-state index >= 15 is 0 Å². The summed E-state index contributed by atoms with van der Waals surface area (Å²) in [6.45, 7) is 15.6. The number of nitrogens with zero attached hydrogens (tertiary/aromatic N) is 1. The molecule has 0 amide bonds. The van der Waals surface area contributed by atoms with E-state index < -0.39 is 0 Å². The molecule has 1 saturated heterocycles. The molecule has 17 heavy (non-hydrogen) atoms. The van der Waals surface area contributed by atoms with E-state index in [4.69, 9.17) is 0 Å². The topological polar surface area (TPSA) is 3.24 Å². The molecular weight excluding hydrogens is 226 g/mol. The van der Waals surface area contributed by atoms with Crippen molar-refractivity contribution in [3.05, 3.63) is 0 Å². The Morgan fingerprint density at radius 3 is 2.12 bits per heavy atom. The Labute approximate surface area is 114 Å². The van der Waals surface area contributed by atoms with Gasteiger partial charge in [-0.25, -0.2) is 0 Å². The van der Waals surface area contributed by atoms with Crippen molar-refractivity contribution < 1.29 is 0 Å². The van der Waals surface area contributed by atoms with Crippen molar-refractivity contribution in [1.29, 1.82) is 0 Å². The van der Waals surface area contributed by atoms with E-state index in [1.807, 2.05) is 0 Å². The van der Waals surface area contributed by atoms with Gasteiger partial charge in [-0.3, -0.25) is 0 Å². The second kappa shape index (κ2) is 5.97. The van der Waals surface area contributed by atoms with Crippen molar-refractivity contribution >= 4 is 12.6 Å². The van der Waals surface area contributed by atoms with Crippen LogP contribution in [0.2, 0.25) is 0 Å². The first-order chi connectivity index (χ1) is 7.80. The third-order valence-corrected chi connectivity index (χ3v) is 5.28. The van der Waals surface area contributed by atoms with Crippen LogP contribution in [-0.2, 0) is 0 Å². The lowest BCUT2D eigenvalue weighted by molar-refractivity contribution is 0.0840. The standard InChI is InChI=1S/C15H31NS/c1-6-15(5)7-9-16(10-8-15)11-13(12-17)14(2,3)4/h13,17H,6-12H2,1-5H3. The van der Waals surface area contributed by atoms with Crippen LogP contribution in [0.3, 0.4) is 0 Å². The molecule has 102 valence electrons. The highest BCUT2D eigenvalue weighted by atomic mass is 32.1. The maximum atomic E-state index is 4.53. The van der Waals surface area contributed by atoms with Gasteiger partial charge >= 0.3 is 0 Å². The Hall–Kier alpha value is 0.310. The molecular formula is C15H31NS. The van der Waals surface area contributed by atoms with Gasteiger partial charge in [-0.05, 0) is 48.4 Å². The Bertz CT molecular complexity index is 224. The second-order valence-corrected chi connectivity index (χ2v) is 7.58. The van der Waals surface area contributed by atoms with Gasteiger partial charge in [0.2, 0.25) is 0 Å². The fraction of sp³-hybridized carbons (Fsp3) is 1.00. The van der Waals surface area contributed by atoms with Crippen LogP contribution in [-0.4, -0.2) is 30.3 Å². The minimum absolute atomic E-state index is 0.382. The number of thiol groups is 1. The van der Waals surface area contributed by atoms with E-state index in [0.717, 1.165) is 5.75 Å². The minimum atomic E-state index is 0.382. The summed E-state index contributed by atoms with van der Waals surface area (Å²) < 4.78 is 0. The third-order valence-electron chi connectivity index (χ3n) is 4.84. The van der Waals surface area contributed by atoms with Gasteiger partial charge in [-0.15, -0.1) is 0 Å². The van der Waals surface area contributed by atoms with Crippen molar-refractivity contribution in [1.82, 2.24) is 4.90 Å². The monoisotopic (exact) mass is 257 g/mol. The first kappa shape index (κ1) is 15.4. The summed E-state index contributed by atoms with van der Waals surface area (Å²) in [6.07, 6.45) is 4.07. The molecule has 1 heterocycles.